The van der Waals surface area contributed by atoms with Crippen molar-refractivity contribution >= 4 is 5.82 Å². The number of halogens is 1. The van der Waals surface area contributed by atoms with Crippen LogP contribution in [-0.2, 0) is 6.42 Å². The summed E-state index contributed by atoms with van der Waals surface area (Å²) in [5.74, 6) is 0.840. The number of benzene rings is 1. The lowest BCUT2D eigenvalue weighted by Crippen LogP contribution is -2.33. The Morgan fingerprint density at radius 2 is 1.96 bits per heavy atom. The summed E-state index contributed by atoms with van der Waals surface area (Å²) in [6.45, 7) is 5.93. The molecule has 0 radical (unpaired) electrons. The van der Waals surface area contributed by atoms with Crippen LogP contribution in [0.15, 0.2) is 30.3 Å². The smallest absolute Gasteiger partial charge is 0.151 e. The third kappa shape index (κ3) is 3.00. The second kappa shape index (κ2) is 6.48. The van der Waals surface area contributed by atoms with Crippen molar-refractivity contribution in [2.75, 3.05) is 31.1 Å². The van der Waals surface area contributed by atoms with Crippen molar-refractivity contribution in [1.82, 2.24) is 15.1 Å². The average molecular weight is 326 g/mol. The van der Waals surface area contributed by atoms with E-state index in [1.165, 1.54) is 11.1 Å². The number of rotatable bonds is 2. The minimum atomic E-state index is -0.118. The van der Waals surface area contributed by atoms with E-state index in [-0.39, 0.29) is 5.82 Å². The van der Waals surface area contributed by atoms with Crippen molar-refractivity contribution in [2.45, 2.75) is 32.2 Å². The van der Waals surface area contributed by atoms with Gasteiger partial charge in [0.2, 0.25) is 0 Å². The van der Waals surface area contributed by atoms with Gasteiger partial charge in [0.15, 0.2) is 5.82 Å². The molecule has 2 aliphatic rings. The normalized spacial score (nSPS) is 21.6. The molecule has 4 nitrogen and oxygen atoms in total. The Balaban J connectivity index is 1.48. The van der Waals surface area contributed by atoms with Crippen LogP contribution in [0.4, 0.5) is 10.2 Å². The van der Waals surface area contributed by atoms with Gasteiger partial charge in [-0.1, -0.05) is 6.07 Å². The molecule has 1 aliphatic carbocycles. The summed E-state index contributed by atoms with van der Waals surface area (Å²) in [6.07, 6.45) is 3.25. The molecule has 0 amide bonds. The van der Waals surface area contributed by atoms with Gasteiger partial charge in [0, 0.05) is 32.2 Å². The Bertz CT molecular complexity index is 716. The van der Waals surface area contributed by atoms with Crippen LogP contribution in [0.25, 0.3) is 0 Å². The standard InChI is InChI=1S/C19H23FN4/c1-14-3-8-19(22-21-14)24-10-2-9-23(11-12-24)18-7-5-15-4-6-16(20)13-17(15)18/h3-4,6,8,13,18H,2,5,7,9-12H2,1H3. The maximum atomic E-state index is 13.7. The Kier molecular flexibility index (Phi) is 4.19. The van der Waals surface area contributed by atoms with Crippen molar-refractivity contribution in [3.05, 3.63) is 53.0 Å². The van der Waals surface area contributed by atoms with Crippen molar-refractivity contribution in [1.29, 1.82) is 0 Å². The van der Waals surface area contributed by atoms with E-state index in [1.807, 2.05) is 19.1 Å². The molecule has 1 aromatic heterocycles. The molecule has 1 saturated heterocycles. The van der Waals surface area contributed by atoms with Gasteiger partial charge in [0.05, 0.1) is 5.69 Å². The molecule has 1 fully saturated rings. The number of aryl methyl sites for hydroxylation is 2. The van der Waals surface area contributed by atoms with Crippen LogP contribution in [0.1, 0.15) is 35.7 Å². The Morgan fingerprint density at radius 1 is 1.04 bits per heavy atom. The highest BCUT2D eigenvalue weighted by molar-refractivity contribution is 5.38. The zero-order valence-corrected chi connectivity index (χ0v) is 14.1. The zero-order chi connectivity index (χ0) is 16.5. The summed E-state index contributed by atoms with van der Waals surface area (Å²) in [4.78, 5) is 4.83. The fourth-order valence-corrected chi connectivity index (χ4v) is 3.97. The first-order chi connectivity index (χ1) is 11.7. The number of anilines is 1. The molecule has 4 rings (SSSR count). The van der Waals surface area contributed by atoms with Gasteiger partial charge in [0.25, 0.3) is 0 Å². The van der Waals surface area contributed by atoms with E-state index in [9.17, 15) is 4.39 Å². The molecule has 0 bridgehead atoms. The van der Waals surface area contributed by atoms with E-state index in [4.69, 9.17) is 0 Å². The van der Waals surface area contributed by atoms with Gasteiger partial charge in [-0.3, -0.25) is 4.90 Å². The van der Waals surface area contributed by atoms with Crippen LogP contribution in [0.5, 0.6) is 0 Å². The van der Waals surface area contributed by atoms with Crippen LogP contribution in [0.2, 0.25) is 0 Å². The van der Waals surface area contributed by atoms with E-state index in [2.05, 4.69) is 26.1 Å². The third-order valence-electron chi connectivity index (χ3n) is 5.23. The first-order valence-electron chi connectivity index (χ1n) is 8.78. The minimum absolute atomic E-state index is 0.118. The second-order valence-corrected chi connectivity index (χ2v) is 6.81. The average Bonchev–Trinajstić information content (AvgIpc) is 2.84. The first kappa shape index (κ1) is 15.5. The maximum Gasteiger partial charge on any atom is 0.151 e. The summed E-state index contributed by atoms with van der Waals surface area (Å²) in [5.41, 5.74) is 3.45. The topological polar surface area (TPSA) is 32.3 Å². The van der Waals surface area contributed by atoms with Gasteiger partial charge >= 0.3 is 0 Å². The summed E-state index contributed by atoms with van der Waals surface area (Å²) in [6, 6.07) is 9.71. The lowest BCUT2D eigenvalue weighted by atomic mass is 10.1. The molecule has 5 heteroatoms. The Morgan fingerprint density at radius 3 is 2.79 bits per heavy atom. The van der Waals surface area contributed by atoms with E-state index >= 15 is 0 Å². The van der Waals surface area contributed by atoms with Gasteiger partial charge in [0.1, 0.15) is 5.82 Å². The largest absolute Gasteiger partial charge is 0.354 e. The fourth-order valence-electron chi connectivity index (χ4n) is 3.97. The van der Waals surface area contributed by atoms with E-state index in [0.717, 1.165) is 57.0 Å². The number of fused-ring (bicyclic) bond motifs is 1. The van der Waals surface area contributed by atoms with Crippen LogP contribution >= 0.6 is 0 Å². The number of hydrogen-bond acceptors (Lipinski definition) is 4. The third-order valence-corrected chi connectivity index (χ3v) is 5.23. The van der Waals surface area contributed by atoms with Crippen LogP contribution in [-0.4, -0.2) is 41.3 Å². The predicted octanol–water partition coefficient (Wildman–Crippen LogP) is 3.12. The molecule has 126 valence electrons. The molecule has 24 heavy (non-hydrogen) atoms. The summed E-state index contributed by atoms with van der Waals surface area (Å²) in [5, 5.41) is 8.50. The highest BCUT2D eigenvalue weighted by Gasteiger charge is 2.29. The highest BCUT2D eigenvalue weighted by Crippen LogP contribution is 2.36. The highest BCUT2D eigenvalue weighted by atomic mass is 19.1. The monoisotopic (exact) mass is 326 g/mol. The first-order valence-corrected chi connectivity index (χ1v) is 8.78. The number of hydrogen-bond donors (Lipinski definition) is 0. The lowest BCUT2D eigenvalue weighted by Gasteiger charge is -2.28. The molecule has 2 heterocycles. The molecule has 1 aromatic carbocycles. The van der Waals surface area contributed by atoms with Gasteiger partial charge in [-0.25, -0.2) is 4.39 Å². The summed E-state index contributed by atoms with van der Waals surface area (Å²) >= 11 is 0. The molecule has 0 saturated carbocycles. The molecule has 1 unspecified atom stereocenters. The summed E-state index contributed by atoms with van der Waals surface area (Å²) in [7, 11) is 0. The molecule has 0 spiro atoms. The zero-order valence-electron chi connectivity index (χ0n) is 14.1. The lowest BCUT2D eigenvalue weighted by molar-refractivity contribution is 0.210. The van der Waals surface area contributed by atoms with Gasteiger partial charge in [-0.05, 0) is 61.6 Å². The molecule has 0 N–H and O–H groups in total. The Labute approximate surface area is 142 Å². The van der Waals surface area contributed by atoms with Gasteiger partial charge < -0.3 is 4.90 Å². The minimum Gasteiger partial charge on any atom is -0.354 e. The number of nitrogens with zero attached hydrogens (tertiary/aromatic N) is 4. The molecule has 2 aromatic rings. The number of aromatic nitrogens is 2. The Hall–Kier alpha value is -2.01. The van der Waals surface area contributed by atoms with Crippen LogP contribution < -0.4 is 4.90 Å². The fraction of sp³-hybridized carbons (Fsp3) is 0.474. The van der Waals surface area contributed by atoms with Gasteiger partial charge in [-0.2, -0.15) is 5.10 Å². The molecular weight excluding hydrogens is 303 g/mol. The van der Waals surface area contributed by atoms with E-state index in [1.54, 1.807) is 12.1 Å². The molecule has 1 aliphatic heterocycles. The SMILES string of the molecule is Cc1ccc(N2CCCN(C3CCc4ccc(F)cc43)CC2)nn1. The predicted molar refractivity (Wildman–Crippen MR) is 92.6 cm³/mol. The quantitative estimate of drug-likeness (QED) is 0.849. The molecule has 1 atom stereocenters. The van der Waals surface area contributed by atoms with Crippen LogP contribution in [0, 0.1) is 12.7 Å². The van der Waals surface area contributed by atoms with Crippen molar-refractivity contribution in [3.63, 3.8) is 0 Å². The van der Waals surface area contributed by atoms with Crippen molar-refractivity contribution in [2.24, 2.45) is 0 Å². The molecular formula is C19H23FN4. The van der Waals surface area contributed by atoms with Crippen LogP contribution in [0.3, 0.4) is 0 Å². The van der Waals surface area contributed by atoms with E-state index < -0.39 is 0 Å². The second-order valence-electron chi connectivity index (χ2n) is 6.81. The summed E-state index contributed by atoms with van der Waals surface area (Å²) < 4.78 is 13.7. The van der Waals surface area contributed by atoms with Crippen molar-refractivity contribution in [3.8, 4) is 0 Å². The van der Waals surface area contributed by atoms with Gasteiger partial charge in [-0.15, -0.1) is 5.10 Å². The van der Waals surface area contributed by atoms with E-state index in [0.29, 0.717) is 6.04 Å². The maximum absolute atomic E-state index is 13.7. The van der Waals surface area contributed by atoms with Crippen molar-refractivity contribution < 1.29 is 4.39 Å².